The molecule has 0 aliphatic carbocycles. The van der Waals surface area contributed by atoms with Gasteiger partial charge in [0.1, 0.15) is 12.0 Å². The number of benzene rings is 1. The number of halogens is 1. The van der Waals surface area contributed by atoms with E-state index >= 15 is 0 Å². The molecule has 1 unspecified atom stereocenters. The molecule has 1 aliphatic heterocycles. The Morgan fingerprint density at radius 2 is 2.00 bits per heavy atom. The van der Waals surface area contributed by atoms with E-state index in [0.717, 1.165) is 18.4 Å². The first-order chi connectivity index (χ1) is 11.6. The van der Waals surface area contributed by atoms with E-state index in [4.69, 9.17) is 21.8 Å². The van der Waals surface area contributed by atoms with Crippen molar-refractivity contribution in [1.29, 1.82) is 0 Å². The molecule has 1 saturated heterocycles. The van der Waals surface area contributed by atoms with E-state index in [1.165, 1.54) is 6.26 Å². The van der Waals surface area contributed by atoms with Crippen molar-refractivity contribution in [2.75, 3.05) is 13.1 Å². The smallest absolute Gasteiger partial charge is 0.257 e. The first-order valence-electron chi connectivity index (χ1n) is 8.08. The van der Waals surface area contributed by atoms with E-state index < -0.39 is 6.10 Å². The second-order valence-corrected chi connectivity index (χ2v) is 6.57. The highest BCUT2D eigenvalue weighted by Gasteiger charge is 2.29. The standard InChI is InChI=1S/C18H21ClN2O3/c19-15-3-1-12(2-4-15)17(22)13-5-7-21(8-6-13)18(23)14-9-16(10-20)24-11-14/h1-4,9,11,13,17,22H,5-8,10,20H2. The van der Waals surface area contributed by atoms with Gasteiger partial charge in [0.25, 0.3) is 5.91 Å². The van der Waals surface area contributed by atoms with Crippen LogP contribution >= 0.6 is 11.6 Å². The molecule has 1 aromatic heterocycles. The van der Waals surface area contributed by atoms with Gasteiger partial charge in [0.2, 0.25) is 0 Å². The maximum Gasteiger partial charge on any atom is 0.257 e. The van der Waals surface area contributed by atoms with Gasteiger partial charge >= 0.3 is 0 Å². The van der Waals surface area contributed by atoms with Crippen molar-refractivity contribution in [1.82, 2.24) is 4.90 Å². The Morgan fingerprint density at radius 3 is 2.58 bits per heavy atom. The van der Waals surface area contributed by atoms with Crippen LogP contribution in [0.15, 0.2) is 41.0 Å². The molecule has 0 radical (unpaired) electrons. The molecule has 1 fully saturated rings. The van der Waals surface area contributed by atoms with Crippen molar-refractivity contribution in [2.45, 2.75) is 25.5 Å². The van der Waals surface area contributed by atoms with Crippen LogP contribution in [0.1, 0.15) is 40.6 Å². The van der Waals surface area contributed by atoms with E-state index in [9.17, 15) is 9.90 Å². The quantitative estimate of drug-likeness (QED) is 0.890. The van der Waals surface area contributed by atoms with Gasteiger partial charge in [-0.05, 0) is 42.5 Å². The number of aliphatic hydroxyl groups excluding tert-OH is 1. The monoisotopic (exact) mass is 348 g/mol. The number of nitrogens with two attached hydrogens (primary N) is 1. The Morgan fingerprint density at radius 1 is 1.33 bits per heavy atom. The highest BCUT2D eigenvalue weighted by molar-refractivity contribution is 6.30. The second-order valence-electron chi connectivity index (χ2n) is 6.13. The fraction of sp³-hybridized carbons (Fsp3) is 0.389. The first kappa shape index (κ1) is 17.0. The molecule has 2 aromatic rings. The van der Waals surface area contributed by atoms with E-state index in [-0.39, 0.29) is 18.4 Å². The van der Waals surface area contributed by atoms with Crippen LogP contribution in [0.4, 0.5) is 0 Å². The van der Waals surface area contributed by atoms with Crippen molar-refractivity contribution in [3.63, 3.8) is 0 Å². The van der Waals surface area contributed by atoms with Gasteiger partial charge in [0.05, 0.1) is 18.2 Å². The second kappa shape index (κ2) is 7.38. The Balaban J connectivity index is 1.58. The van der Waals surface area contributed by atoms with E-state index in [2.05, 4.69) is 0 Å². The zero-order valence-electron chi connectivity index (χ0n) is 13.3. The van der Waals surface area contributed by atoms with Gasteiger partial charge in [-0.1, -0.05) is 23.7 Å². The molecule has 3 N–H and O–H groups in total. The van der Waals surface area contributed by atoms with Crippen LogP contribution < -0.4 is 5.73 Å². The summed E-state index contributed by atoms with van der Waals surface area (Å²) in [4.78, 5) is 14.3. The van der Waals surface area contributed by atoms with Crippen molar-refractivity contribution in [3.05, 3.63) is 58.5 Å². The van der Waals surface area contributed by atoms with Gasteiger partial charge in [0, 0.05) is 18.1 Å². The van der Waals surface area contributed by atoms with Gasteiger partial charge in [-0.15, -0.1) is 0 Å². The Bertz CT molecular complexity index is 691. The number of carbonyl (C=O) groups is 1. The molecule has 3 rings (SSSR count). The largest absolute Gasteiger partial charge is 0.467 e. The van der Waals surface area contributed by atoms with E-state index in [1.54, 1.807) is 23.1 Å². The number of rotatable bonds is 4. The van der Waals surface area contributed by atoms with Crippen LogP contribution in [0, 0.1) is 5.92 Å². The lowest BCUT2D eigenvalue weighted by molar-refractivity contribution is 0.0462. The highest BCUT2D eigenvalue weighted by atomic mass is 35.5. The number of nitrogens with zero attached hydrogens (tertiary/aromatic N) is 1. The maximum absolute atomic E-state index is 12.5. The SMILES string of the molecule is NCc1cc(C(=O)N2CCC(C(O)c3ccc(Cl)cc3)CC2)co1. The molecule has 6 heteroatoms. The number of likely N-dealkylation sites (tertiary alicyclic amines) is 1. The van der Waals surface area contributed by atoms with Gasteiger partial charge in [-0.25, -0.2) is 0 Å². The van der Waals surface area contributed by atoms with Crippen LogP contribution in [-0.4, -0.2) is 29.0 Å². The summed E-state index contributed by atoms with van der Waals surface area (Å²) in [6.45, 7) is 1.53. The molecule has 0 spiro atoms. The van der Waals surface area contributed by atoms with E-state index in [0.29, 0.717) is 29.4 Å². The van der Waals surface area contributed by atoms with Crippen LogP contribution in [0.3, 0.4) is 0 Å². The average Bonchev–Trinajstić information content (AvgIpc) is 3.10. The summed E-state index contributed by atoms with van der Waals surface area (Å²) < 4.78 is 5.23. The average molecular weight is 349 g/mol. The van der Waals surface area contributed by atoms with Gasteiger partial charge < -0.3 is 20.2 Å². The highest BCUT2D eigenvalue weighted by Crippen LogP contribution is 2.31. The fourth-order valence-electron chi connectivity index (χ4n) is 3.13. The number of amides is 1. The fourth-order valence-corrected chi connectivity index (χ4v) is 3.26. The molecule has 0 saturated carbocycles. The molecule has 1 aromatic carbocycles. The summed E-state index contributed by atoms with van der Waals surface area (Å²) in [6, 6.07) is 8.96. The number of furan rings is 1. The lowest BCUT2D eigenvalue weighted by atomic mass is 9.87. The summed E-state index contributed by atoms with van der Waals surface area (Å²) in [7, 11) is 0. The predicted molar refractivity (Wildman–Crippen MR) is 91.6 cm³/mol. The van der Waals surface area contributed by atoms with Gasteiger partial charge in [0.15, 0.2) is 0 Å². The minimum absolute atomic E-state index is 0.0436. The van der Waals surface area contributed by atoms with Crippen molar-refractivity contribution < 1.29 is 14.3 Å². The summed E-state index contributed by atoms with van der Waals surface area (Å²) in [5.41, 5.74) is 6.90. The Kier molecular flexibility index (Phi) is 5.23. The summed E-state index contributed by atoms with van der Waals surface area (Å²) in [6.07, 6.45) is 2.45. The van der Waals surface area contributed by atoms with Crippen molar-refractivity contribution in [3.8, 4) is 0 Å². The van der Waals surface area contributed by atoms with Crippen molar-refractivity contribution >= 4 is 17.5 Å². The third-order valence-electron chi connectivity index (χ3n) is 4.59. The topological polar surface area (TPSA) is 79.7 Å². The normalized spacial score (nSPS) is 17.0. The molecular formula is C18H21ClN2O3. The van der Waals surface area contributed by atoms with Crippen molar-refractivity contribution in [2.24, 2.45) is 11.7 Å². The molecular weight excluding hydrogens is 328 g/mol. The molecule has 24 heavy (non-hydrogen) atoms. The van der Waals surface area contributed by atoms with Gasteiger partial charge in [-0.3, -0.25) is 4.79 Å². The molecule has 5 nitrogen and oxygen atoms in total. The molecule has 1 atom stereocenters. The lowest BCUT2D eigenvalue weighted by Crippen LogP contribution is -2.39. The van der Waals surface area contributed by atoms with Gasteiger partial charge in [-0.2, -0.15) is 0 Å². The number of piperidine rings is 1. The minimum Gasteiger partial charge on any atom is -0.467 e. The first-order valence-corrected chi connectivity index (χ1v) is 8.46. The third kappa shape index (κ3) is 3.64. The lowest BCUT2D eigenvalue weighted by Gasteiger charge is -2.34. The van der Waals surface area contributed by atoms with E-state index in [1.807, 2.05) is 12.1 Å². The summed E-state index contributed by atoms with van der Waals surface area (Å²) in [5.74, 6) is 0.698. The van der Waals surface area contributed by atoms with Crippen LogP contribution in [0.25, 0.3) is 0 Å². The Labute approximate surface area is 146 Å². The number of carbonyl (C=O) groups excluding carboxylic acids is 1. The minimum atomic E-state index is -0.530. The number of hydrogen-bond donors (Lipinski definition) is 2. The zero-order valence-corrected chi connectivity index (χ0v) is 14.1. The van der Waals surface area contributed by atoms with Crippen LogP contribution in [0.2, 0.25) is 5.02 Å². The van der Waals surface area contributed by atoms with Crippen LogP contribution in [-0.2, 0) is 6.54 Å². The molecule has 2 heterocycles. The Hall–Kier alpha value is -1.82. The molecule has 128 valence electrons. The zero-order chi connectivity index (χ0) is 17.1. The predicted octanol–water partition coefficient (Wildman–Crippen LogP) is 2.98. The summed E-state index contributed by atoms with van der Waals surface area (Å²) >= 11 is 5.89. The summed E-state index contributed by atoms with van der Waals surface area (Å²) in [5, 5.41) is 11.2. The number of hydrogen-bond acceptors (Lipinski definition) is 4. The molecule has 0 bridgehead atoms. The maximum atomic E-state index is 12.5. The molecule has 1 aliphatic rings. The number of aliphatic hydroxyl groups is 1. The van der Waals surface area contributed by atoms with Crippen LogP contribution in [0.5, 0.6) is 0 Å². The third-order valence-corrected chi connectivity index (χ3v) is 4.84. The molecule has 1 amide bonds.